The summed E-state index contributed by atoms with van der Waals surface area (Å²) in [6.07, 6.45) is -4.33. The molecule has 0 radical (unpaired) electrons. The maximum Gasteiger partial charge on any atom is 0.490 e. The number of aromatic nitrogens is 2. The van der Waals surface area contributed by atoms with Gasteiger partial charge in [-0.2, -0.15) is 8.62 Å². The average Bonchev–Trinajstić information content (AvgIpc) is 2.96. The standard InChI is InChI=1S/C14H23N2O14P3/c1-8(2)3-4-10(28-32(23,24)30-33(25,26)29-31(20,21)22)13-9(17)7-12(27-13)16-6-5-11(18)15-14(16)19/h5-6,9-10,12-13,17H,1,3-4,7H2,2H3,(H,23,24)(H,25,26)(H,15,18,19)(H2,20,21,22)/t9-,10?,12+,13-/m0/s1. The summed E-state index contributed by atoms with van der Waals surface area (Å²) in [5, 5.41) is 10.4. The van der Waals surface area contributed by atoms with Gasteiger partial charge in [0.25, 0.3) is 5.56 Å². The molecule has 0 saturated carbocycles. The Kier molecular flexibility index (Phi) is 8.96. The van der Waals surface area contributed by atoms with E-state index in [2.05, 4.69) is 15.2 Å². The van der Waals surface area contributed by atoms with E-state index < -0.39 is 59.3 Å². The van der Waals surface area contributed by atoms with Crippen LogP contribution >= 0.6 is 23.5 Å². The molecule has 1 aliphatic rings. The largest absolute Gasteiger partial charge is 0.490 e. The van der Waals surface area contributed by atoms with E-state index in [0.717, 1.165) is 16.8 Å². The monoisotopic (exact) mass is 536 g/mol. The number of allylic oxidation sites excluding steroid dienone is 1. The minimum Gasteiger partial charge on any atom is -0.390 e. The van der Waals surface area contributed by atoms with Crippen molar-refractivity contribution in [2.24, 2.45) is 0 Å². The third kappa shape index (κ3) is 8.80. The van der Waals surface area contributed by atoms with Gasteiger partial charge in [0.05, 0.1) is 12.2 Å². The van der Waals surface area contributed by atoms with Crippen LogP contribution in [0.2, 0.25) is 0 Å². The Balaban J connectivity index is 2.24. The Morgan fingerprint density at radius 3 is 2.42 bits per heavy atom. The van der Waals surface area contributed by atoms with Crippen molar-refractivity contribution >= 4 is 23.5 Å². The lowest BCUT2D eigenvalue weighted by Crippen LogP contribution is -2.36. The van der Waals surface area contributed by atoms with Crippen LogP contribution in [0.3, 0.4) is 0 Å². The minimum atomic E-state index is -5.75. The number of aliphatic hydroxyl groups is 1. The summed E-state index contributed by atoms with van der Waals surface area (Å²) < 4.78 is 53.4. The van der Waals surface area contributed by atoms with Crippen molar-refractivity contribution in [1.29, 1.82) is 0 Å². The van der Waals surface area contributed by atoms with Gasteiger partial charge in [-0.3, -0.25) is 18.9 Å². The Morgan fingerprint density at radius 1 is 1.24 bits per heavy atom. The Morgan fingerprint density at radius 2 is 1.88 bits per heavy atom. The zero-order valence-corrected chi connectivity index (χ0v) is 19.7. The van der Waals surface area contributed by atoms with Gasteiger partial charge in [-0.25, -0.2) is 18.5 Å². The fourth-order valence-corrected chi connectivity index (χ4v) is 6.20. The first-order valence-electron chi connectivity index (χ1n) is 9.09. The third-order valence-electron chi connectivity index (χ3n) is 4.20. The van der Waals surface area contributed by atoms with Crippen LogP contribution in [0.5, 0.6) is 0 Å². The lowest BCUT2D eigenvalue weighted by atomic mass is 10.0. The maximum absolute atomic E-state index is 12.3. The minimum absolute atomic E-state index is 0.118. The van der Waals surface area contributed by atoms with Crippen molar-refractivity contribution < 1.29 is 56.3 Å². The van der Waals surface area contributed by atoms with E-state index in [9.17, 15) is 38.2 Å². The fraction of sp³-hybridized carbons (Fsp3) is 0.571. The van der Waals surface area contributed by atoms with E-state index in [1.807, 2.05) is 4.98 Å². The van der Waals surface area contributed by atoms with Crippen LogP contribution in [0.4, 0.5) is 0 Å². The second-order valence-electron chi connectivity index (χ2n) is 7.11. The fourth-order valence-electron chi connectivity index (χ4n) is 2.97. The lowest BCUT2D eigenvalue weighted by Gasteiger charge is -2.28. The van der Waals surface area contributed by atoms with Gasteiger partial charge in [-0.1, -0.05) is 5.57 Å². The lowest BCUT2D eigenvalue weighted by molar-refractivity contribution is -0.0822. The SMILES string of the molecule is C=C(C)CCC(OP(=O)(O)OP(=O)(O)OP(=O)(O)O)[C@H]1O[C@@H](n2ccc(=O)[nH]c2=O)C[C@@H]1O. The van der Waals surface area contributed by atoms with Gasteiger partial charge in [0.15, 0.2) is 0 Å². The Bertz CT molecular complexity index is 1120. The number of ether oxygens (including phenoxy) is 1. The molecule has 1 fully saturated rings. The number of hydrogen-bond donors (Lipinski definition) is 6. The molecule has 19 heteroatoms. The van der Waals surface area contributed by atoms with E-state index >= 15 is 0 Å². The highest BCUT2D eigenvalue weighted by atomic mass is 31.3. The maximum atomic E-state index is 12.3. The molecule has 6 N–H and O–H groups in total. The normalized spacial score (nSPS) is 25.8. The number of rotatable bonds is 11. The van der Waals surface area contributed by atoms with Gasteiger partial charge in [-0.05, 0) is 19.8 Å². The average molecular weight is 536 g/mol. The quantitative estimate of drug-likeness (QED) is 0.164. The highest BCUT2D eigenvalue weighted by Gasteiger charge is 2.46. The molecule has 0 spiro atoms. The summed E-state index contributed by atoms with van der Waals surface area (Å²) in [5.41, 5.74) is -0.916. The van der Waals surface area contributed by atoms with Crippen molar-refractivity contribution in [1.82, 2.24) is 9.55 Å². The van der Waals surface area contributed by atoms with E-state index in [-0.39, 0.29) is 19.3 Å². The van der Waals surface area contributed by atoms with E-state index in [1.165, 1.54) is 0 Å². The first-order chi connectivity index (χ1) is 15.0. The first-order valence-corrected chi connectivity index (χ1v) is 13.6. The van der Waals surface area contributed by atoms with Crippen molar-refractivity contribution in [2.75, 3.05) is 0 Å². The Hall–Kier alpha value is -1.25. The van der Waals surface area contributed by atoms with Gasteiger partial charge in [0.2, 0.25) is 0 Å². The summed E-state index contributed by atoms with van der Waals surface area (Å²) in [6, 6.07) is 1.04. The zero-order valence-electron chi connectivity index (χ0n) is 17.0. The first kappa shape index (κ1) is 28.0. The van der Waals surface area contributed by atoms with Crippen LogP contribution < -0.4 is 11.2 Å². The topological polar surface area (TPSA) is 244 Å². The predicted octanol–water partition coefficient (Wildman–Crippen LogP) is 0.253. The van der Waals surface area contributed by atoms with Crippen molar-refractivity contribution in [2.45, 2.75) is 50.7 Å². The molecule has 33 heavy (non-hydrogen) atoms. The number of aliphatic hydroxyl groups excluding tert-OH is 1. The number of H-pyrrole nitrogens is 1. The number of aromatic amines is 1. The van der Waals surface area contributed by atoms with Crippen LogP contribution in [0.25, 0.3) is 0 Å². The van der Waals surface area contributed by atoms with E-state index in [1.54, 1.807) is 6.92 Å². The summed E-state index contributed by atoms with van der Waals surface area (Å²) >= 11 is 0. The molecule has 0 bridgehead atoms. The summed E-state index contributed by atoms with van der Waals surface area (Å²) in [4.78, 5) is 61.7. The third-order valence-corrected chi connectivity index (χ3v) is 8.07. The number of phosphoric acid groups is 3. The van der Waals surface area contributed by atoms with Crippen LogP contribution in [0.1, 0.15) is 32.4 Å². The summed E-state index contributed by atoms with van der Waals surface area (Å²) in [5.74, 6) is 0. The van der Waals surface area contributed by atoms with Crippen LogP contribution in [0.15, 0.2) is 34.0 Å². The number of hydrogen-bond acceptors (Lipinski definition) is 10. The molecule has 2 heterocycles. The molecule has 0 amide bonds. The molecular formula is C14H23N2O14P3. The molecule has 0 aliphatic carbocycles. The second-order valence-corrected chi connectivity index (χ2v) is 11.5. The van der Waals surface area contributed by atoms with Crippen LogP contribution in [0, 0.1) is 0 Å². The van der Waals surface area contributed by atoms with E-state index in [4.69, 9.17) is 19.0 Å². The Labute approximate surface area is 185 Å². The molecule has 1 aromatic heterocycles. The van der Waals surface area contributed by atoms with Gasteiger partial charge in [0.1, 0.15) is 12.3 Å². The molecule has 16 nitrogen and oxygen atoms in total. The number of nitrogens with zero attached hydrogens (tertiary/aromatic N) is 1. The summed E-state index contributed by atoms with van der Waals surface area (Å²) in [7, 11) is -16.8. The van der Waals surface area contributed by atoms with Gasteiger partial charge in [-0.15, -0.1) is 6.58 Å². The van der Waals surface area contributed by atoms with Crippen molar-refractivity contribution in [3.63, 3.8) is 0 Å². The molecular weight excluding hydrogens is 513 g/mol. The van der Waals surface area contributed by atoms with Gasteiger partial charge < -0.3 is 29.4 Å². The van der Waals surface area contributed by atoms with Gasteiger partial charge in [0, 0.05) is 18.7 Å². The van der Waals surface area contributed by atoms with E-state index in [0.29, 0.717) is 5.57 Å². The summed E-state index contributed by atoms with van der Waals surface area (Å²) in [6.45, 7) is 5.28. The highest BCUT2D eigenvalue weighted by molar-refractivity contribution is 7.66. The van der Waals surface area contributed by atoms with Gasteiger partial charge >= 0.3 is 29.2 Å². The molecule has 3 unspecified atom stereocenters. The zero-order chi connectivity index (χ0) is 25.2. The highest BCUT2D eigenvalue weighted by Crippen LogP contribution is 2.66. The van der Waals surface area contributed by atoms with Crippen LogP contribution in [-0.2, 0) is 31.6 Å². The number of phosphoric ester groups is 1. The molecule has 0 aromatic carbocycles. The number of nitrogens with one attached hydrogen (secondary N) is 1. The molecule has 6 atom stereocenters. The molecule has 1 aliphatic heterocycles. The van der Waals surface area contributed by atoms with Crippen LogP contribution in [-0.4, -0.2) is 52.5 Å². The molecule has 1 saturated heterocycles. The van der Waals surface area contributed by atoms with Crippen molar-refractivity contribution in [3.8, 4) is 0 Å². The molecule has 1 aromatic rings. The smallest absolute Gasteiger partial charge is 0.390 e. The molecule has 188 valence electrons. The second kappa shape index (κ2) is 10.6. The molecule has 2 rings (SSSR count). The van der Waals surface area contributed by atoms with Crippen molar-refractivity contribution in [3.05, 3.63) is 45.3 Å². The predicted molar refractivity (Wildman–Crippen MR) is 109 cm³/mol.